The predicted molar refractivity (Wildman–Crippen MR) is 72.9 cm³/mol. The molecule has 0 amide bonds. The molecule has 0 atom stereocenters. The van der Waals surface area contributed by atoms with E-state index in [-0.39, 0.29) is 0 Å². The molecule has 0 spiro atoms. The Morgan fingerprint density at radius 2 is 1.77 bits per heavy atom. The van der Waals surface area contributed by atoms with Crippen LogP contribution in [0.15, 0.2) is 29.4 Å². The van der Waals surface area contributed by atoms with Crippen molar-refractivity contribution < 1.29 is 22.3 Å². The minimum absolute atomic E-state index is 0.329. The summed E-state index contributed by atoms with van der Waals surface area (Å²) in [5, 5.41) is 3.71. The summed E-state index contributed by atoms with van der Waals surface area (Å²) in [7, 11) is 1.48. The van der Waals surface area contributed by atoms with E-state index in [2.05, 4.69) is 10.1 Å². The molecule has 0 bridgehead atoms. The van der Waals surface area contributed by atoms with Crippen LogP contribution in [0.2, 0.25) is 0 Å². The van der Waals surface area contributed by atoms with Gasteiger partial charge in [-0.2, -0.15) is 27.6 Å². The smallest absolute Gasteiger partial charge is 0.254 e. The number of aromatic nitrogens is 1. The zero-order valence-electron chi connectivity index (χ0n) is 11.6. The second kappa shape index (κ2) is 6.42. The molecule has 2 rings (SSSR count). The molecule has 0 radical (unpaired) electrons. The quantitative estimate of drug-likeness (QED) is 0.407. The van der Waals surface area contributed by atoms with Gasteiger partial charge in [-0.1, -0.05) is 12.1 Å². The minimum atomic E-state index is -1.75. The first-order chi connectivity index (χ1) is 10.4. The van der Waals surface area contributed by atoms with Gasteiger partial charge in [0.25, 0.3) is 11.9 Å². The number of hydrogen-bond acceptors (Lipinski definition) is 4. The molecule has 1 aromatic carbocycles. The van der Waals surface area contributed by atoms with Crippen molar-refractivity contribution in [3.8, 4) is 5.75 Å². The summed E-state index contributed by atoms with van der Waals surface area (Å²) in [6.45, 7) is 1.55. The summed E-state index contributed by atoms with van der Waals surface area (Å²) in [6.07, 6.45) is 0. The molecule has 1 heterocycles. The van der Waals surface area contributed by atoms with Crippen LogP contribution in [-0.4, -0.2) is 17.8 Å². The number of methoxy groups -OCH3 is 1. The zero-order valence-corrected chi connectivity index (χ0v) is 11.6. The van der Waals surface area contributed by atoms with Crippen molar-refractivity contribution in [3.05, 3.63) is 53.4 Å². The van der Waals surface area contributed by atoms with Crippen LogP contribution < -0.4 is 10.2 Å². The number of nitrogens with zero attached hydrogens (tertiary/aromatic N) is 2. The maximum Gasteiger partial charge on any atom is 0.254 e. The second-order valence-corrected chi connectivity index (χ2v) is 4.24. The second-order valence-electron chi connectivity index (χ2n) is 4.24. The van der Waals surface area contributed by atoms with Crippen LogP contribution in [0.3, 0.4) is 0 Å². The Hall–Kier alpha value is -2.64. The highest BCUT2D eigenvalue weighted by atomic mass is 19.2. The average Bonchev–Trinajstić information content (AvgIpc) is 2.52. The highest BCUT2D eigenvalue weighted by Gasteiger charge is 2.20. The van der Waals surface area contributed by atoms with E-state index in [9.17, 15) is 17.6 Å². The van der Waals surface area contributed by atoms with Crippen LogP contribution in [0, 0.1) is 23.5 Å². The summed E-state index contributed by atoms with van der Waals surface area (Å²) >= 11 is 0. The molecule has 4 nitrogen and oxygen atoms in total. The monoisotopic (exact) mass is 313 g/mol. The van der Waals surface area contributed by atoms with E-state index in [1.807, 2.05) is 5.43 Å². The van der Waals surface area contributed by atoms with Gasteiger partial charge in [0.05, 0.1) is 12.8 Å². The van der Waals surface area contributed by atoms with E-state index >= 15 is 0 Å². The number of nitrogens with one attached hydrogen (secondary N) is 1. The first-order valence-corrected chi connectivity index (χ1v) is 6.08. The normalized spacial score (nSPS) is 11.5. The van der Waals surface area contributed by atoms with Gasteiger partial charge in [0.1, 0.15) is 11.4 Å². The third-order valence-corrected chi connectivity index (χ3v) is 2.82. The van der Waals surface area contributed by atoms with E-state index in [1.54, 1.807) is 31.2 Å². The molecule has 22 heavy (non-hydrogen) atoms. The van der Waals surface area contributed by atoms with Crippen molar-refractivity contribution >= 4 is 11.4 Å². The molecule has 1 aromatic heterocycles. The minimum Gasteiger partial charge on any atom is -0.497 e. The van der Waals surface area contributed by atoms with Crippen LogP contribution in [-0.2, 0) is 0 Å². The van der Waals surface area contributed by atoms with Gasteiger partial charge in [0, 0.05) is 5.56 Å². The molecular weight excluding hydrogens is 302 g/mol. The third kappa shape index (κ3) is 3.16. The lowest BCUT2D eigenvalue weighted by Crippen LogP contribution is -2.07. The summed E-state index contributed by atoms with van der Waals surface area (Å²) in [5.41, 5.74) is 1.86. The Balaban J connectivity index is 2.32. The van der Waals surface area contributed by atoms with Crippen molar-refractivity contribution in [1.29, 1.82) is 0 Å². The maximum atomic E-state index is 13.4. The van der Waals surface area contributed by atoms with Gasteiger partial charge in [0.15, 0.2) is 0 Å². The fraction of sp³-hybridized carbons (Fsp3) is 0.143. The average molecular weight is 313 g/mol. The number of pyridine rings is 1. The molecule has 2 aromatic rings. The van der Waals surface area contributed by atoms with E-state index in [0.29, 0.717) is 17.0 Å². The Bertz CT molecular complexity index is 708. The Morgan fingerprint density at radius 1 is 1.14 bits per heavy atom. The van der Waals surface area contributed by atoms with Crippen molar-refractivity contribution in [2.24, 2.45) is 5.10 Å². The van der Waals surface area contributed by atoms with Crippen LogP contribution in [0.1, 0.15) is 12.5 Å². The van der Waals surface area contributed by atoms with E-state index in [1.165, 1.54) is 7.11 Å². The van der Waals surface area contributed by atoms with Gasteiger partial charge < -0.3 is 4.74 Å². The number of halogens is 4. The number of ether oxygens (including phenoxy) is 1. The first kappa shape index (κ1) is 15.7. The van der Waals surface area contributed by atoms with Crippen molar-refractivity contribution in [3.63, 3.8) is 0 Å². The molecule has 0 unspecified atom stereocenters. The SMILES string of the molecule is COc1cccc(/C(C)=N\Nc2c(F)c(F)nc(F)c2F)c1. The van der Waals surface area contributed by atoms with Crippen LogP contribution >= 0.6 is 0 Å². The van der Waals surface area contributed by atoms with Gasteiger partial charge in [-0.25, -0.2) is 0 Å². The van der Waals surface area contributed by atoms with Crippen LogP contribution in [0.4, 0.5) is 23.2 Å². The van der Waals surface area contributed by atoms with Crippen LogP contribution in [0.5, 0.6) is 5.75 Å². The molecule has 0 saturated carbocycles. The fourth-order valence-corrected chi connectivity index (χ4v) is 1.64. The summed E-state index contributed by atoms with van der Waals surface area (Å²) < 4.78 is 57.8. The van der Waals surface area contributed by atoms with Gasteiger partial charge in [-0.05, 0) is 19.1 Å². The maximum absolute atomic E-state index is 13.4. The molecular formula is C14H11F4N3O. The van der Waals surface area contributed by atoms with Gasteiger partial charge >= 0.3 is 0 Å². The van der Waals surface area contributed by atoms with Crippen LogP contribution in [0.25, 0.3) is 0 Å². The highest BCUT2D eigenvalue weighted by Crippen LogP contribution is 2.22. The predicted octanol–water partition coefficient (Wildman–Crippen LogP) is 3.48. The standard InChI is InChI=1S/C14H11F4N3O/c1-7(8-4-3-5-9(6-8)22-2)20-21-12-10(15)13(17)19-14(18)11(12)16/h3-6H,1-2H3,(H,19,21)/b20-7-. The Morgan fingerprint density at radius 3 is 2.36 bits per heavy atom. The molecule has 0 aliphatic heterocycles. The fourth-order valence-electron chi connectivity index (χ4n) is 1.64. The van der Waals surface area contributed by atoms with E-state index in [0.717, 1.165) is 0 Å². The third-order valence-electron chi connectivity index (χ3n) is 2.82. The van der Waals surface area contributed by atoms with E-state index < -0.39 is 29.2 Å². The molecule has 0 aliphatic rings. The van der Waals surface area contributed by atoms with Gasteiger partial charge in [-0.15, -0.1) is 0 Å². The lowest BCUT2D eigenvalue weighted by atomic mass is 10.1. The first-order valence-electron chi connectivity index (χ1n) is 6.08. The van der Waals surface area contributed by atoms with Crippen molar-refractivity contribution in [1.82, 2.24) is 4.98 Å². The number of benzene rings is 1. The number of hydrogen-bond donors (Lipinski definition) is 1. The largest absolute Gasteiger partial charge is 0.497 e. The lowest BCUT2D eigenvalue weighted by Gasteiger charge is -2.07. The van der Waals surface area contributed by atoms with Gasteiger partial charge in [0.2, 0.25) is 11.6 Å². The molecule has 0 aliphatic carbocycles. The summed E-state index contributed by atoms with van der Waals surface area (Å²) in [4.78, 5) is 2.45. The van der Waals surface area contributed by atoms with E-state index in [4.69, 9.17) is 4.74 Å². The van der Waals surface area contributed by atoms with Crippen molar-refractivity contribution in [2.75, 3.05) is 12.5 Å². The molecule has 1 N–H and O–H groups in total. The zero-order chi connectivity index (χ0) is 16.3. The van der Waals surface area contributed by atoms with Gasteiger partial charge in [-0.3, -0.25) is 5.43 Å². The summed E-state index contributed by atoms with van der Waals surface area (Å²) in [5.74, 6) is -6.25. The lowest BCUT2D eigenvalue weighted by molar-refractivity contribution is 0.411. The number of anilines is 1. The molecule has 116 valence electrons. The Labute approximate surface area is 123 Å². The molecule has 8 heteroatoms. The molecule has 0 saturated heterocycles. The number of rotatable bonds is 4. The Kier molecular flexibility index (Phi) is 4.59. The summed E-state index contributed by atoms with van der Waals surface area (Å²) in [6, 6.07) is 6.72. The highest BCUT2D eigenvalue weighted by molar-refractivity contribution is 5.99. The van der Waals surface area contributed by atoms with Crippen molar-refractivity contribution in [2.45, 2.75) is 6.92 Å². The molecule has 0 fully saturated rings. The topological polar surface area (TPSA) is 46.5 Å². The number of hydrazone groups is 1.